The molecule has 8 heteroatoms. The molecule has 2 unspecified atom stereocenters. The van der Waals surface area contributed by atoms with Crippen molar-refractivity contribution in [1.29, 1.82) is 0 Å². The fraction of sp³-hybridized carbons (Fsp3) is 0.381. The lowest BCUT2D eigenvalue weighted by Gasteiger charge is -2.57. The Morgan fingerprint density at radius 2 is 1.46 bits per heavy atom. The van der Waals surface area contributed by atoms with Crippen LogP contribution in [-0.2, 0) is 32.7 Å². The van der Waals surface area contributed by atoms with Gasteiger partial charge in [-0.1, -0.05) is 36.4 Å². The van der Waals surface area contributed by atoms with Crippen molar-refractivity contribution in [3.05, 3.63) is 119 Å². The van der Waals surface area contributed by atoms with Gasteiger partial charge in [0.05, 0.1) is 24.8 Å². The lowest BCUT2D eigenvalue weighted by Crippen LogP contribution is -2.48. The zero-order chi connectivity index (χ0) is 34.2. The molecule has 0 radical (unpaired) electrons. The molecule has 0 aliphatic heterocycles. The summed E-state index contributed by atoms with van der Waals surface area (Å²) in [6.45, 7) is 2.11. The molecule has 4 aliphatic rings. The summed E-state index contributed by atoms with van der Waals surface area (Å²) in [5.41, 5.74) is 5.25. The number of fused-ring (bicyclic) bond motifs is 1. The number of halogens is 1. The highest BCUT2D eigenvalue weighted by molar-refractivity contribution is 5.77. The van der Waals surface area contributed by atoms with Crippen LogP contribution in [0.25, 0.3) is 11.0 Å². The molecule has 4 fully saturated rings. The first-order chi connectivity index (χ1) is 24.3. The van der Waals surface area contributed by atoms with Gasteiger partial charge in [0.25, 0.3) is 0 Å². The second-order valence-corrected chi connectivity index (χ2v) is 14.7. The number of esters is 1. The minimum Gasteiger partial charge on any atom is -0.483 e. The van der Waals surface area contributed by atoms with Crippen molar-refractivity contribution in [3.63, 3.8) is 0 Å². The van der Waals surface area contributed by atoms with Crippen molar-refractivity contribution in [2.24, 2.45) is 17.8 Å². The monoisotopic (exact) mass is 674 g/mol. The summed E-state index contributed by atoms with van der Waals surface area (Å²) < 4.78 is 36.6. The van der Waals surface area contributed by atoms with Crippen molar-refractivity contribution >= 4 is 17.0 Å². The summed E-state index contributed by atoms with van der Waals surface area (Å²) in [6.07, 6.45) is 7.63. The van der Waals surface area contributed by atoms with E-state index < -0.39 is 12.1 Å². The number of hydrogen-bond donors (Lipinski definition) is 1. The summed E-state index contributed by atoms with van der Waals surface area (Å²) in [6, 6.07) is 28.3. The van der Waals surface area contributed by atoms with E-state index in [0.29, 0.717) is 23.4 Å². The molecule has 1 N–H and O–H groups in total. The second kappa shape index (κ2) is 13.6. The topological polar surface area (TPSA) is 82.7 Å². The smallest absolute Gasteiger partial charge is 0.335 e. The predicted octanol–water partition coefficient (Wildman–Crippen LogP) is 9.40. The van der Waals surface area contributed by atoms with Crippen LogP contribution in [0.3, 0.4) is 0 Å². The molecule has 50 heavy (non-hydrogen) atoms. The van der Waals surface area contributed by atoms with Gasteiger partial charge in [-0.25, -0.2) is 14.2 Å². The maximum atomic E-state index is 13.2. The Morgan fingerprint density at radius 1 is 0.840 bits per heavy atom. The van der Waals surface area contributed by atoms with Crippen LogP contribution in [0.1, 0.15) is 74.1 Å². The molecule has 2 atom stereocenters. The molecule has 0 amide bonds. The Morgan fingerprint density at radius 3 is 2.12 bits per heavy atom. The molecule has 258 valence electrons. The molecule has 0 saturated heterocycles. The molecule has 4 bridgehead atoms. The van der Waals surface area contributed by atoms with E-state index in [1.807, 2.05) is 49.4 Å². The minimum atomic E-state index is -0.800. The summed E-state index contributed by atoms with van der Waals surface area (Å²) in [5, 5.41) is 0. The fourth-order valence-electron chi connectivity index (χ4n) is 9.04. The van der Waals surface area contributed by atoms with Gasteiger partial charge >= 0.3 is 5.97 Å². The Labute approximate surface area is 292 Å². The van der Waals surface area contributed by atoms with Gasteiger partial charge in [-0.05, 0) is 134 Å². The third-order valence-corrected chi connectivity index (χ3v) is 11.1. The van der Waals surface area contributed by atoms with Crippen molar-refractivity contribution in [2.45, 2.75) is 76.1 Å². The summed E-state index contributed by atoms with van der Waals surface area (Å²) in [5.74, 6) is 4.97. The van der Waals surface area contributed by atoms with Crippen LogP contribution < -0.4 is 9.47 Å². The zero-order valence-corrected chi connectivity index (χ0v) is 28.6. The predicted molar refractivity (Wildman–Crippen MR) is 189 cm³/mol. The first-order valence-corrected chi connectivity index (χ1v) is 17.8. The van der Waals surface area contributed by atoms with E-state index in [1.165, 1.54) is 63.3 Å². The number of H-pyrrole nitrogens is 1. The molecule has 9 rings (SSSR count). The van der Waals surface area contributed by atoms with Gasteiger partial charge < -0.3 is 23.9 Å². The van der Waals surface area contributed by atoms with E-state index in [4.69, 9.17) is 23.9 Å². The maximum absolute atomic E-state index is 13.2. The average Bonchev–Trinajstić information content (AvgIpc) is 3.55. The van der Waals surface area contributed by atoms with E-state index in [2.05, 4.69) is 29.2 Å². The highest BCUT2D eigenvalue weighted by atomic mass is 19.1. The average molecular weight is 675 g/mol. The SMILES string of the molecule is COC(=O)C(Cc1ccc(OC(C)c2nc3ccc(Oc4ccc(C56CC7CC(CC(C7)C5)C6)cc4)cc3[nH]2)cc1)OCc1ccc(F)cc1. The van der Waals surface area contributed by atoms with Crippen LogP contribution in [0.4, 0.5) is 4.39 Å². The van der Waals surface area contributed by atoms with Crippen molar-refractivity contribution in [2.75, 3.05) is 7.11 Å². The van der Waals surface area contributed by atoms with Crippen molar-refractivity contribution in [1.82, 2.24) is 9.97 Å². The van der Waals surface area contributed by atoms with Gasteiger partial charge in [0, 0.05) is 12.5 Å². The molecule has 0 spiro atoms. The summed E-state index contributed by atoms with van der Waals surface area (Å²) >= 11 is 0. The van der Waals surface area contributed by atoms with E-state index in [9.17, 15) is 9.18 Å². The number of carbonyl (C=O) groups is 1. The Kier molecular flexibility index (Phi) is 8.81. The van der Waals surface area contributed by atoms with Crippen molar-refractivity contribution < 1.29 is 28.1 Å². The molecule has 1 aromatic heterocycles. The number of methoxy groups -OCH3 is 1. The first-order valence-electron chi connectivity index (χ1n) is 17.8. The lowest BCUT2D eigenvalue weighted by molar-refractivity contribution is -0.154. The second-order valence-electron chi connectivity index (χ2n) is 14.7. The standard InChI is InChI=1S/C42H43FN2O5/c1-26(49-34-11-5-27(6-12-34)20-39(41(46)47-2)48-25-28-3-9-33(43)10-4-28)40-44-37-16-15-36(21-38(37)45-40)50-35-13-7-32(8-14-35)42-22-29-17-30(23-42)19-31(18-29)24-42/h3-16,21,26,29-31,39H,17-20,22-25H2,1-2H3,(H,44,45). The van der Waals surface area contributed by atoms with E-state index in [0.717, 1.165) is 51.4 Å². The highest BCUT2D eigenvalue weighted by Crippen LogP contribution is 2.60. The number of imidazole rings is 1. The highest BCUT2D eigenvalue weighted by Gasteiger charge is 2.51. The van der Waals surface area contributed by atoms with Gasteiger partial charge in [0.2, 0.25) is 0 Å². The van der Waals surface area contributed by atoms with Crippen LogP contribution in [0, 0.1) is 23.6 Å². The normalized spacial score (nSPS) is 23.5. The number of ether oxygens (including phenoxy) is 4. The number of aromatic nitrogens is 2. The fourth-order valence-corrected chi connectivity index (χ4v) is 9.04. The van der Waals surface area contributed by atoms with Gasteiger partial charge in [-0.2, -0.15) is 0 Å². The third kappa shape index (κ3) is 6.86. The number of hydrogen-bond acceptors (Lipinski definition) is 6. The Balaban J connectivity index is 0.878. The number of rotatable bonds is 12. The Hall–Kier alpha value is -4.69. The summed E-state index contributed by atoms with van der Waals surface area (Å²) in [4.78, 5) is 20.6. The van der Waals surface area contributed by atoms with Crippen LogP contribution >= 0.6 is 0 Å². The van der Waals surface area contributed by atoms with E-state index in [-0.39, 0.29) is 18.5 Å². The molecular weight excluding hydrogens is 631 g/mol. The van der Waals surface area contributed by atoms with Crippen LogP contribution in [-0.4, -0.2) is 29.2 Å². The minimum absolute atomic E-state index is 0.165. The molecule has 5 aromatic rings. The number of aromatic amines is 1. The van der Waals surface area contributed by atoms with Crippen LogP contribution in [0.5, 0.6) is 17.2 Å². The number of nitrogens with one attached hydrogen (secondary N) is 1. The van der Waals surface area contributed by atoms with E-state index >= 15 is 0 Å². The Bertz CT molecular complexity index is 1920. The molecule has 4 aliphatic carbocycles. The molecule has 1 heterocycles. The van der Waals surface area contributed by atoms with Gasteiger partial charge in [-0.3, -0.25) is 0 Å². The quantitative estimate of drug-likeness (QED) is 0.133. The van der Waals surface area contributed by atoms with Crippen LogP contribution in [0.2, 0.25) is 0 Å². The molecular formula is C42H43FN2O5. The van der Waals surface area contributed by atoms with Gasteiger partial charge in [0.15, 0.2) is 12.2 Å². The van der Waals surface area contributed by atoms with Gasteiger partial charge in [-0.15, -0.1) is 0 Å². The largest absolute Gasteiger partial charge is 0.483 e. The third-order valence-electron chi connectivity index (χ3n) is 11.1. The maximum Gasteiger partial charge on any atom is 0.335 e. The molecule has 4 aromatic carbocycles. The lowest BCUT2D eigenvalue weighted by atomic mass is 9.48. The van der Waals surface area contributed by atoms with E-state index in [1.54, 1.807) is 12.1 Å². The summed E-state index contributed by atoms with van der Waals surface area (Å²) in [7, 11) is 1.33. The molecule has 4 saturated carbocycles. The van der Waals surface area contributed by atoms with Gasteiger partial charge in [0.1, 0.15) is 28.9 Å². The van der Waals surface area contributed by atoms with Crippen molar-refractivity contribution in [3.8, 4) is 17.2 Å². The molecule has 7 nitrogen and oxygen atoms in total. The number of benzene rings is 4. The number of nitrogens with zero attached hydrogens (tertiary/aromatic N) is 1. The van der Waals surface area contributed by atoms with Crippen LogP contribution in [0.15, 0.2) is 91.0 Å². The number of carbonyl (C=O) groups excluding carboxylic acids is 1. The first kappa shape index (κ1) is 32.5. The zero-order valence-electron chi connectivity index (χ0n) is 28.6.